The molecule has 1 saturated heterocycles. The number of carbonyl (C=O) groups excluding carboxylic acids is 2. The number of hydrogen-bond donors (Lipinski definition) is 2. The highest BCUT2D eigenvalue weighted by Crippen LogP contribution is 2.32. The van der Waals surface area contributed by atoms with Gasteiger partial charge in [-0.25, -0.2) is 9.59 Å². The van der Waals surface area contributed by atoms with E-state index in [1.807, 2.05) is 0 Å². The molecule has 1 aliphatic heterocycles. The lowest BCUT2D eigenvalue weighted by Gasteiger charge is -2.34. The van der Waals surface area contributed by atoms with Gasteiger partial charge in [-0.2, -0.15) is 17.0 Å². The Morgan fingerprint density at radius 2 is 0.939 bits per heavy atom. The first-order valence-corrected chi connectivity index (χ1v) is 16.9. The summed E-state index contributed by atoms with van der Waals surface area (Å²) >= 11 is 0. The highest BCUT2D eigenvalue weighted by atomic mass is 32.2. The van der Waals surface area contributed by atoms with Gasteiger partial charge in [-0.3, -0.25) is 0 Å². The molecular formula is C36H38N2O10S. The Balaban J connectivity index is 1.57. The number of ether oxygens (including phenoxy) is 4. The molecule has 4 aromatic carbocycles. The zero-order valence-corrected chi connectivity index (χ0v) is 27.8. The second kappa shape index (κ2) is 16.1. The molecule has 2 N–H and O–H groups in total. The van der Waals surface area contributed by atoms with Crippen molar-refractivity contribution in [2.75, 3.05) is 27.4 Å². The second-order valence-corrected chi connectivity index (χ2v) is 13.2. The van der Waals surface area contributed by atoms with Crippen LogP contribution in [0.2, 0.25) is 0 Å². The largest absolute Gasteiger partial charge is 0.492 e. The van der Waals surface area contributed by atoms with E-state index in [2.05, 4.69) is 0 Å². The van der Waals surface area contributed by atoms with Crippen LogP contribution in [-0.4, -0.2) is 90.9 Å². The summed E-state index contributed by atoms with van der Waals surface area (Å²) in [5.74, 6) is -0.209. The Labute approximate surface area is 285 Å². The van der Waals surface area contributed by atoms with Crippen LogP contribution < -0.4 is 9.47 Å². The molecule has 0 unspecified atom stereocenters. The predicted molar refractivity (Wildman–Crippen MR) is 179 cm³/mol. The minimum Gasteiger partial charge on any atom is -0.492 e. The summed E-state index contributed by atoms with van der Waals surface area (Å²) in [5.41, 5.74) is 1.56. The van der Waals surface area contributed by atoms with Crippen molar-refractivity contribution in [2.45, 2.75) is 37.4 Å². The third-order valence-corrected chi connectivity index (χ3v) is 10.2. The van der Waals surface area contributed by atoms with Gasteiger partial charge in [-0.1, -0.05) is 60.7 Å². The van der Waals surface area contributed by atoms with E-state index < -0.39 is 46.4 Å². The number of para-hydroxylation sites is 2. The summed E-state index contributed by atoms with van der Waals surface area (Å²) in [7, 11) is -2.00. The molecule has 13 heteroatoms. The Morgan fingerprint density at radius 3 is 1.27 bits per heavy atom. The Bertz CT molecular complexity index is 1660. The van der Waals surface area contributed by atoms with Gasteiger partial charge in [0, 0.05) is 13.1 Å². The minimum atomic E-state index is -4.53. The first-order chi connectivity index (χ1) is 23.6. The number of esters is 2. The molecule has 258 valence electrons. The molecule has 1 heterocycles. The maximum absolute atomic E-state index is 14.9. The summed E-state index contributed by atoms with van der Waals surface area (Å²) in [6.07, 6.45) is -3.24. The monoisotopic (exact) mass is 690 g/mol. The second-order valence-electron chi connectivity index (χ2n) is 11.3. The molecule has 0 bridgehead atoms. The normalized spacial score (nSPS) is 20.9. The molecule has 4 aromatic rings. The molecular weight excluding hydrogens is 652 g/mol. The highest BCUT2D eigenvalue weighted by Gasteiger charge is 2.51. The molecule has 5 rings (SSSR count). The number of methoxy groups -OCH3 is 2. The van der Waals surface area contributed by atoms with Gasteiger partial charge in [-0.05, 0) is 59.7 Å². The zero-order chi connectivity index (χ0) is 35.0. The van der Waals surface area contributed by atoms with E-state index in [-0.39, 0.29) is 37.4 Å². The lowest BCUT2D eigenvalue weighted by molar-refractivity contribution is -0.0565. The van der Waals surface area contributed by atoms with Crippen LogP contribution in [0.25, 0.3) is 0 Å². The van der Waals surface area contributed by atoms with Crippen LogP contribution in [-0.2, 0) is 32.8 Å². The molecule has 0 aromatic heterocycles. The van der Waals surface area contributed by atoms with Crippen LogP contribution in [0.15, 0.2) is 109 Å². The lowest BCUT2D eigenvalue weighted by atomic mass is 9.99. The average Bonchev–Trinajstić information content (AvgIpc) is 3.18. The Morgan fingerprint density at radius 1 is 0.592 bits per heavy atom. The van der Waals surface area contributed by atoms with Crippen molar-refractivity contribution < 1.29 is 47.2 Å². The van der Waals surface area contributed by atoms with E-state index >= 15 is 0 Å². The fraction of sp³-hybridized carbons (Fsp3) is 0.278. The van der Waals surface area contributed by atoms with Gasteiger partial charge in [0.1, 0.15) is 36.9 Å². The van der Waals surface area contributed by atoms with E-state index in [1.165, 1.54) is 38.5 Å². The first kappa shape index (κ1) is 35.5. The molecule has 0 aliphatic carbocycles. The van der Waals surface area contributed by atoms with Crippen molar-refractivity contribution >= 4 is 22.1 Å². The molecule has 0 amide bonds. The van der Waals surface area contributed by atoms with Gasteiger partial charge >= 0.3 is 11.9 Å². The Hall–Kier alpha value is -4.79. The summed E-state index contributed by atoms with van der Waals surface area (Å²) in [4.78, 5) is 24.1. The number of nitrogens with zero attached hydrogens (tertiary/aromatic N) is 2. The zero-order valence-electron chi connectivity index (χ0n) is 27.0. The summed E-state index contributed by atoms with van der Waals surface area (Å²) in [5, 5.41) is 23.5. The van der Waals surface area contributed by atoms with Crippen LogP contribution in [0, 0.1) is 0 Å². The van der Waals surface area contributed by atoms with E-state index in [1.54, 1.807) is 84.9 Å². The van der Waals surface area contributed by atoms with E-state index in [9.17, 15) is 28.2 Å². The van der Waals surface area contributed by atoms with Crippen LogP contribution in [0.3, 0.4) is 0 Å². The SMILES string of the molecule is COC(=O)c1ccc(CN2[C@@H](COc3ccccc3)[C@@H](O)[C@H](O)[C@H](COc3ccccc3)N(Cc3ccc(C(=O)OC)cc3)S2(=O)=O)cc1. The summed E-state index contributed by atoms with van der Waals surface area (Å²) in [6, 6.07) is 27.4. The van der Waals surface area contributed by atoms with Gasteiger partial charge in [0.15, 0.2) is 0 Å². The lowest BCUT2D eigenvalue weighted by Crippen LogP contribution is -2.52. The van der Waals surface area contributed by atoms with Crippen molar-refractivity contribution in [3.05, 3.63) is 131 Å². The maximum atomic E-state index is 14.9. The quantitative estimate of drug-likeness (QED) is 0.212. The fourth-order valence-corrected chi connectivity index (χ4v) is 7.47. The average molecular weight is 691 g/mol. The third kappa shape index (κ3) is 8.45. The highest BCUT2D eigenvalue weighted by molar-refractivity contribution is 7.86. The molecule has 4 atom stereocenters. The van der Waals surface area contributed by atoms with Crippen molar-refractivity contribution in [2.24, 2.45) is 0 Å². The molecule has 0 spiro atoms. The molecule has 49 heavy (non-hydrogen) atoms. The number of aliphatic hydroxyl groups is 2. The maximum Gasteiger partial charge on any atom is 0.337 e. The van der Waals surface area contributed by atoms with Gasteiger partial charge in [0.2, 0.25) is 0 Å². The molecule has 0 radical (unpaired) electrons. The third-order valence-electron chi connectivity index (χ3n) is 8.23. The summed E-state index contributed by atoms with van der Waals surface area (Å²) in [6.45, 7) is -1.06. The summed E-state index contributed by atoms with van der Waals surface area (Å²) < 4.78 is 53.5. The number of hydrogen-bond acceptors (Lipinski definition) is 10. The van der Waals surface area contributed by atoms with Gasteiger partial charge in [0.25, 0.3) is 10.2 Å². The number of carbonyl (C=O) groups is 2. The van der Waals surface area contributed by atoms with E-state index in [0.717, 1.165) is 8.61 Å². The van der Waals surface area contributed by atoms with Gasteiger partial charge < -0.3 is 29.2 Å². The standard InChI is InChI=1S/C36H38N2O10S/c1-45-35(41)27-17-13-25(14-18-27)21-37-31(23-47-29-9-5-3-6-10-29)33(39)34(40)32(24-48-30-11-7-4-8-12-30)38(49(37,43)44)22-26-15-19-28(20-16-26)36(42)46-2/h3-20,31-34,39-40H,21-24H2,1-2H3/t31-,32-,33+,34+/m0/s1. The van der Waals surface area contributed by atoms with Gasteiger partial charge in [-0.15, -0.1) is 0 Å². The Kier molecular flexibility index (Phi) is 11.6. The smallest absolute Gasteiger partial charge is 0.337 e. The van der Waals surface area contributed by atoms with Crippen molar-refractivity contribution in [1.82, 2.24) is 8.61 Å². The molecule has 1 fully saturated rings. The number of aliphatic hydroxyl groups excluding tert-OH is 2. The molecule has 12 nitrogen and oxygen atoms in total. The van der Waals surface area contributed by atoms with Crippen LogP contribution in [0.5, 0.6) is 11.5 Å². The number of benzene rings is 4. The van der Waals surface area contributed by atoms with Crippen molar-refractivity contribution in [3.63, 3.8) is 0 Å². The topological polar surface area (TPSA) is 152 Å². The minimum absolute atomic E-state index is 0.236. The predicted octanol–water partition coefficient (Wildman–Crippen LogP) is 3.44. The molecule has 1 aliphatic rings. The molecule has 0 saturated carbocycles. The van der Waals surface area contributed by atoms with E-state index in [0.29, 0.717) is 22.6 Å². The van der Waals surface area contributed by atoms with Crippen LogP contribution in [0.1, 0.15) is 31.8 Å². The van der Waals surface area contributed by atoms with Crippen LogP contribution >= 0.6 is 0 Å². The van der Waals surface area contributed by atoms with E-state index in [4.69, 9.17) is 18.9 Å². The van der Waals surface area contributed by atoms with Crippen molar-refractivity contribution in [1.29, 1.82) is 0 Å². The first-order valence-electron chi connectivity index (χ1n) is 15.5. The van der Waals surface area contributed by atoms with Crippen molar-refractivity contribution in [3.8, 4) is 11.5 Å². The fourth-order valence-electron chi connectivity index (χ4n) is 5.52. The number of rotatable bonds is 12. The van der Waals surface area contributed by atoms with Crippen LogP contribution in [0.4, 0.5) is 0 Å². The van der Waals surface area contributed by atoms with Gasteiger partial charge in [0.05, 0.1) is 37.4 Å².